The topological polar surface area (TPSA) is 74.6 Å². The molecule has 0 aliphatic heterocycles. The van der Waals surface area contributed by atoms with E-state index in [0.717, 1.165) is 25.2 Å². The minimum absolute atomic E-state index is 0.226. The number of rotatable bonds is 19. The third-order valence-electron chi connectivity index (χ3n) is 8.09. The van der Waals surface area contributed by atoms with Crippen LogP contribution in [0.2, 0.25) is 0 Å². The van der Waals surface area contributed by atoms with Gasteiger partial charge in [0.15, 0.2) is 0 Å². The van der Waals surface area contributed by atoms with Gasteiger partial charge >= 0.3 is 11.9 Å². The predicted octanol–water partition coefficient (Wildman–Crippen LogP) is 8.64. The number of hydrogen-bond donors (Lipinski definition) is 2. The average Bonchev–Trinajstić information content (AvgIpc) is 2.75. The predicted molar refractivity (Wildman–Crippen MR) is 137 cm³/mol. The largest absolute Gasteiger partial charge is 0.481 e. The maximum atomic E-state index is 12.4. The van der Waals surface area contributed by atoms with E-state index in [-0.39, 0.29) is 5.92 Å². The molecule has 1 aliphatic carbocycles. The Bertz CT molecular complexity index is 594. The van der Waals surface area contributed by atoms with Gasteiger partial charge < -0.3 is 10.2 Å². The Morgan fingerprint density at radius 2 is 1.09 bits per heavy atom. The molecule has 1 rings (SSSR count). The number of aliphatic carboxylic acids is 2. The van der Waals surface area contributed by atoms with Gasteiger partial charge in [-0.15, -0.1) is 0 Å². The van der Waals surface area contributed by atoms with Crippen molar-refractivity contribution in [3.05, 3.63) is 12.2 Å². The van der Waals surface area contributed by atoms with Crippen LogP contribution in [-0.4, -0.2) is 22.2 Å². The molecular formula is C29H52O4. The highest BCUT2D eigenvalue weighted by atomic mass is 16.4. The molecule has 2 atom stereocenters. The van der Waals surface area contributed by atoms with Gasteiger partial charge in [0.2, 0.25) is 0 Å². The fourth-order valence-electron chi connectivity index (χ4n) is 5.89. The van der Waals surface area contributed by atoms with Gasteiger partial charge in [-0.05, 0) is 31.1 Å². The summed E-state index contributed by atoms with van der Waals surface area (Å²) in [5.41, 5.74) is -2.42. The molecule has 192 valence electrons. The van der Waals surface area contributed by atoms with E-state index in [2.05, 4.69) is 13.8 Å². The van der Waals surface area contributed by atoms with Crippen LogP contribution in [0, 0.1) is 22.7 Å². The van der Waals surface area contributed by atoms with Crippen LogP contribution in [-0.2, 0) is 9.59 Å². The second-order valence-corrected chi connectivity index (χ2v) is 11.2. The summed E-state index contributed by atoms with van der Waals surface area (Å²) in [4.78, 5) is 24.7. The van der Waals surface area contributed by atoms with Crippen molar-refractivity contribution in [2.45, 2.75) is 137 Å². The van der Waals surface area contributed by atoms with Crippen LogP contribution in [0.5, 0.6) is 0 Å². The molecule has 0 bridgehead atoms. The second-order valence-electron chi connectivity index (χ2n) is 11.2. The number of carbonyl (C=O) groups is 2. The molecule has 0 aromatic heterocycles. The SMILES string of the molecule is CC(C)CCCCCCCCCCCCCCCC1(C(=O)O)CC=CCC1(C(=O)O)C(C)C. The highest BCUT2D eigenvalue weighted by Gasteiger charge is 2.62. The van der Waals surface area contributed by atoms with E-state index in [1.807, 2.05) is 26.0 Å². The summed E-state index contributed by atoms with van der Waals surface area (Å²) in [7, 11) is 0. The van der Waals surface area contributed by atoms with E-state index in [9.17, 15) is 19.8 Å². The third-order valence-corrected chi connectivity index (χ3v) is 8.09. The molecule has 1 aliphatic rings. The smallest absolute Gasteiger partial charge is 0.311 e. The van der Waals surface area contributed by atoms with E-state index in [1.165, 1.54) is 70.6 Å². The standard InChI is InChI=1S/C29H52O4/c1-24(2)20-16-14-12-10-8-6-5-7-9-11-13-15-17-21-28(26(30)31)22-18-19-23-29(28,25(3)4)27(32)33/h18-19,24-25H,5-17,20-23H2,1-4H3,(H,30,31)(H,32,33). The molecule has 2 unspecified atom stereocenters. The first-order valence-electron chi connectivity index (χ1n) is 13.8. The van der Waals surface area contributed by atoms with Gasteiger partial charge in [-0.1, -0.05) is 130 Å². The van der Waals surface area contributed by atoms with Gasteiger partial charge in [0.25, 0.3) is 0 Å². The second kappa shape index (κ2) is 15.6. The van der Waals surface area contributed by atoms with E-state index in [1.54, 1.807) is 0 Å². The number of hydrogen-bond acceptors (Lipinski definition) is 2. The molecule has 4 heteroatoms. The Balaban J connectivity index is 2.24. The highest BCUT2D eigenvalue weighted by molar-refractivity contribution is 5.87. The van der Waals surface area contributed by atoms with Crippen molar-refractivity contribution in [1.29, 1.82) is 0 Å². The van der Waals surface area contributed by atoms with Crippen molar-refractivity contribution >= 4 is 11.9 Å². The summed E-state index contributed by atoms with van der Waals surface area (Å²) in [6.45, 7) is 8.32. The molecule has 0 saturated heterocycles. The van der Waals surface area contributed by atoms with Crippen molar-refractivity contribution < 1.29 is 19.8 Å². The molecule has 0 fully saturated rings. The molecule has 4 nitrogen and oxygen atoms in total. The Kier molecular flexibility index (Phi) is 14.0. The minimum Gasteiger partial charge on any atom is -0.481 e. The fraction of sp³-hybridized carbons (Fsp3) is 0.862. The maximum absolute atomic E-state index is 12.4. The molecule has 0 saturated carbocycles. The van der Waals surface area contributed by atoms with E-state index in [4.69, 9.17) is 0 Å². The lowest BCUT2D eigenvalue weighted by Gasteiger charge is -2.49. The monoisotopic (exact) mass is 464 g/mol. The van der Waals surface area contributed by atoms with Crippen molar-refractivity contribution in [1.82, 2.24) is 0 Å². The van der Waals surface area contributed by atoms with Gasteiger partial charge in [-0.2, -0.15) is 0 Å². The average molecular weight is 465 g/mol. The number of unbranched alkanes of at least 4 members (excludes halogenated alkanes) is 12. The van der Waals surface area contributed by atoms with Gasteiger partial charge in [0.05, 0.1) is 10.8 Å². The van der Waals surface area contributed by atoms with Crippen molar-refractivity contribution in [2.75, 3.05) is 0 Å². The van der Waals surface area contributed by atoms with Gasteiger partial charge in [-0.25, -0.2) is 0 Å². The molecule has 0 spiro atoms. The summed E-state index contributed by atoms with van der Waals surface area (Å²) in [6, 6.07) is 0. The van der Waals surface area contributed by atoms with Crippen LogP contribution < -0.4 is 0 Å². The summed E-state index contributed by atoms with van der Waals surface area (Å²) >= 11 is 0. The van der Waals surface area contributed by atoms with Crippen molar-refractivity contribution in [3.8, 4) is 0 Å². The number of carboxylic acids is 2. The normalized spacial score (nSPS) is 22.8. The van der Waals surface area contributed by atoms with Gasteiger partial charge in [0, 0.05) is 0 Å². The fourth-order valence-corrected chi connectivity index (χ4v) is 5.89. The minimum atomic E-state index is -1.22. The lowest BCUT2D eigenvalue weighted by atomic mass is 9.51. The van der Waals surface area contributed by atoms with E-state index < -0.39 is 22.8 Å². The maximum Gasteiger partial charge on any atom is 0.311 e. The molecule has 0 amide bonds. The number of carboxylic acid groups (broad SMARTS) is 2. The lowest BCUT2D eigenvalue weighted by Crippen LogP contribution is -2.56. The Hall–Kier alpha value is -1.32. The summed E-state index contributed by atoms with van der Waals surface area (Å²) in [5, 5.41) is 20.2. The molecule has 0 heterocycles. The van der Waals surface area contributed by atoms with Gasteiger partial charge in [-0.3, -0.25) is 9.59 Å². The Morgan fingerprint density at radius 3 is 1.48 bits per heavy atom. The molecule has 2 N–H and O–H groups in total. The van der Waals surface area contributed by atoms with Gasteiger partial charge in [0.1, 0.15) is 0 Å². The molecule has 33 heavy (non-hydrogen) atoms. The van der Waals surface area contributed by atoms with E-state index >= 15 is 0 Å². The Morgan fingerprint density at radius 1 is 0.667 bits per heavy atom. The van der Waals surface area contributed by atoms with Crippen LogP contribution in [0.1, 0.15) is 137 Å². The van der Waals surface area contributed by atoms with Crippen LogP contribution in [0.15, 0.2) is 12.2 Å². The van der Waals surface area contributed by atoms with Crippen LogP contribution >= 0.6 is 0 Å². The van der Waals surface area contributed by atoms with Crippen molar-refractivity contribution in [3.63, 3.8) is 0 Å². The third kappa shape index (κ3) is 8.76. The molecule has 0 aromatic rings. The molecule has 0 radical (unpaired) electrons. The van der Waals surface area contributed by atoms with Crippen LogP contribution in [0.25, 0.3) is 0 Å². The zero-order valence-corrected chi connectivity index (χ0v) is 22.0. The number of allylic oxidation sites excluding steroid dienone is 2. The van der Waals surface area contributed by atoms with E-state index in [0.29, 0.717) is 19.3 Å². The summed E-state index contributed by atoms with van der Waals surface area (Å²) in [6.07, 6.45) is 22.4. The highest BCUT2D eigenvalue weighted by Crippen LogP contribution is 2.56. The first-order valence-corrected chi connectivity index (χ1v) is 13.8. The molecule has 0 aromatic carbocycles. The zero-order chi connectivity index (χ0) is 24.7. The van der Waals surface area contributed by atoms with Crippen LogP contribution in [0.3, 0.4) is 0 Å². The molecular weight excluding hydrogens is 412 g/mol. The summed E-state index contributed by atoms with van der Waals surface area (Å²) in [5.74, 6) is -1.29. The zero-order valence-electron chi connectivity index (χ0n) is 22.0. The quantitative estimate of drug-likeness (QED) is 0.148. The first-order chi connectivity index (χ1) is 15.7. The Labute approximate surface area is 203 Å². The lowest BCUT2D eigenvalue weighted by molar-refractivity contribution is -0.181. The first kappa shape index (κ1) is 29.7. The van der Waals surface area contributed by atoms with Crippen molar-refractivity contribution in [2.24, 2.45) is 22.7 Å². The summed E-state index contributed by atoms with van der Waals surface area (Å²) < 4.78 is 0. The van der Waals surface area contributed by atoms with Crippen LogP contribution in [0.4, 0.5) is 0 Å².